The number of aromatic nitrogens is 3. The molecule has 0 saturated heterocycles. The monoisotopic (exact) mass is 261 g/mol. The lowest BCUT2D eigenvalue weighted by Crippen LogP contribution is -2.07. The third kappa shape index (κ3) is 3.09. The molecule has 0 aliphatic heterocycles. The second kappa shape index (κ2) is 5.99. The molecule has 0 atom stereocenters. The summed E-state index contributed by atoms with van der Waals surface area (Å²) in [6.45, 7) is 3.21. The first kappa shape index (κ1) is 13.1. The Hall–Kier alpha value is -2.37. The van der Waals surface area contributed by atoms with E-state index in [0.717, 1.165) is 18.7 Å². The molecule has 0 spiro atoms. The van der Waals surface area contributed by atoms with Crippen molar-refractivity contribution in [3.63, 3.8) is 0 Å². The van der Waals surface area contributed by atoms with Crippen LogP contribution in [0.25, 0.3) is 0 Å². The van der Waals surface area contributed by atoms with Crippen molar-refractivity contribution >= 4 is 5.97 Å². The van der Waals surface area contributed by atoms with E-state index in [1.54, 1.807) is 12.5 Å². The lowest BCUT2D eigenvalue weighted by molar-refractivity contribution is 0.0691. The van der Waals surface area contributed by atoms with Gasteiger partial charge in [0.2, 0.25) is 0 Å². The van der Waals surface area contributed by atoms with Crippen LogP contribution in [0.2, 0.25) is 0 Å². The van der Waals surface area contributed by atoms with E-state index < -0.39 is 5.97 Å². The van der Waals surface area contributed by atoms with Gasteiger partial charge in [0.05, 0.1) is 24.4 Å². The summed E-state index contributed by atoms with van der Waals surface area (Å²) < 4.78 is 7.51. The molecule has 0 radical (unpaired) electrons. The standard InChI is InChI=1S/C13H15N3O3/c1-2-5-16-9-15-6-10(16)8-19-12-7-14-4-3-11(12)13(17)18/h3-4,6-7,9H,2,5,8H2,1H3,(H,17,18). The molecule has 0 saturated carbocycles. The minimum Gasteiger partial charge on any atom is -0.485 e. The summed E-state index contributed by atoms with van der Waals surface area (Å²) >= 11 is 0. The van der Waals surface area contributed by atoms with Gasteiger partial charge in [-0.3, -0.25) is 4.98 Å². The fourth-order valence-electron chi connectivity index (χ4n) is 1.73. The second-order valence-electron chi connectivity index (χ2n) is 4.04. The molecule has 2 heterocycles. The van der Waals surface area contributed by atoms with Crippen LogP contribution in [-0.4, -0.2) is 25.6 Å². The molecule has 19 heavy (non-hydrogen) atoms. The van der Waals surface area contributed by atoms with E-state index in [1.165, 1.54) is 18.5 Å². The molecule has 0 fully saturated rings. The lowest BCUT2D eigenvalue weighted by Gasteiger charge is -2.10. The zero-order valence-electron chi connectivity index (χ0n) is 10.6. The molecule has 2 rings (SSSR count). The molecule has 6 nitrogen and oxygen atoms in total. The van der Waals surface area contributed by atoms with Crippen LogP contribution in [0.3, 0.4) is 0 Å². The van der Waals surface area contributed by atoms with Crippen LogP contribution in [0.1, 0.15) is 29.4 Å². The van der Waals surface area contributed by atoms with Crippen LogP contribution in [-0.2, 0) is 13.2 Å². The van der Waals surface area contributed by atoms with Gasteiger partial charge in [0.15, 0.2) is 5.75 Å². The first-order valence-electron chi connectivity index (χ1n) is 6.01. The number of carboxylic acids is 1. The van der Waals surface area contributed by atoms with Crippen molar-refractivity contribution in [2.24, 2.45) is 0 Å². The van der Waals surface area contributed by atoms with Gasteiger partial charge in [-0.25, -0.2) is 9.78 Å². The topological polar surface area (TPSA) is 77.2 Å². The Kier molecular flexibility index (Phi) is 4.12. The number of aromatic carboxylic acids is 1. The van der Waals surface area contributed by atoms with Gasteiger partial charge >= 0.3 is 5.97 Å². The second-order valence-corrected chi connectivity index (χ2v) is 4.04. The van der Waals surface area contributed by atoms with Crippen LogP contribution < -0.4 is 4.74 Å². The average molecular weight is 261 g/mol. The summed E-state index contributed by atoms with van der Waals surface area (Å²) in [4.78, 5) is 19.0. The van der Waals surface area contributed by atoms with Gasteiger partial charge in [-0.05, 0) is 12.5 Å². The normalized spacial score (nSPS) is 10.4. The van der Waals surface area contributed by atoms with Gasteiger partial charge in [0.25, 0.3) is 0 Å². The predicted octanol–water partition coefficient (Wildman–Crippen LogP) is 1.97. The number of rotatable bonds is 6. The van der Waals surface area contributed by atoms with E-state index >= 15 is 0 Å². The maximum absolute atomic E-state index is 11.0. The summed E-state index contributed by atoms with van der Waals surface area (Å²) in [5.74, 6) is -0.765. The molecular weight excluding hydrogens is 246 g/mol. The molecule has 0 bridgehead atoms. The Bertz CT molecular complexity index is 566. The number of ether oxygens (including phenoxy) is 1. The van der Waals surface area contributed by atoms with Crippen molar-refractivity contribution < 1.29 is 14.6 Å². The van der Waals surface area contributed by atoms with Gasteiger partial charge in [0.1, 0.15) is 12.2 Å². The van der Waals surface area contributed by atoms with Crippen molar-refractivity contribution in [1.82, 2.24) is 14.5 Å². The highest BCUT2D eigenvalue weighted by molar-refractivity contribution is 5.90. The van der Waals surface area contributed by atoms with E-state index in [4.69, 9.17) is 9.84 Å². The quantitative estimate of drug-likeness (QED) is 0.860. The highest BCUT2D eigenvalue weighted by Crippen LogP contribution is 2.17. The number of carboxylic acid groups (broad SMARTS) is 1. The van der Waals surface area contributed by atoms with Crippen molar-refractivity contribution in [3.8, 4) is 5.75 Å². The van der Waals surface area contributed by atoms with Crippen molar-refractivity contribution in [2.45, 2.75) is 26.5 Å². The molecule has 0 unspecified atom stereocenters. The van der Waals surface area contributed by atoms with E-state index in [0.29, 0.717) is 0 Å². The number of aryl methyl sites for hydroxylation is 1. The van der Waals surface area contributed by atoms with E-state index in [-0.39, 0.29) is 17.9 Å². The molecule has 0 amide bonds. The van der Waals surface area contributed by atoms with Crippen LogP contribution in [0, 0.1) is 0 Å². The summed E-state index contributed by atoms with van der Waals surface area (Å²) in [7, 11) is 0. The van der Waals surface area contributed by atoms with Gasteiger partial charge in [0, 0.05) is 12.7 Å². The summed E-state index contributed by atoms with van der Waals surface area (Å²) in [6.07, 6.45) is 7.29. The smallest absolute Gasteiger partial charge is 0.339 e. The predicted molar refractivity (Wildman–Crippen MR) is 68.0 cm³/mol. The molecule has 2 aromatic heterocycles. The van der Waals surface area contributed by atoms with Gasteiger partial charge in [-0.15, -0.1) is 0 Å². The number of imidazole rings is 1. The third-order valence-electron chi connectivity index (χ3n) is 2.65. The van der Waals surface area contributed by atoms with Crippen LogP contribution in [0.15, 0.2) is 31.0 Å². The molecular formula is C13H15N3O3. The Labute approximate surface area is 110 Å². The molecule has 0 aromatic carbocycles. The minimum atomic E-state index is -1.03. The SMILES string of the molecule is CCCn1cncc1COc1cnccc1C(=O)O. The first-order valence-corrected chi connectivity index (χ1v) is 6.01. The summed E-state index contributed by atoms with van der Waals surface area (Å²) in [6, 6.07) is 1.42. The molecule has 0 aliphatic carbocycles. The van der Waals surface area contributed by atoms with Crippen molar-refractivity contribution in [3.05, 3.63) is 42.2 Å². The average Bonchev–Trinajstić information content (AvgIpc) is 2.84. The third-order valence-corrected chi connectivity index (χ3v) is 2.65. The highest BCUT2D eigenvalue weighted by atomic mass is 16.5. The van der Waals surface area contributed by atoms with Crippen LogP contribution in [0.5, 0.6) is 5.75 Å². The summed E-state index contributed by atoms with van der Waals surface area (Å²) in [5.41, 5.74) is 1.01. The molecule has 0 aliphatic rings. The van der Waals surface area contributed by atoms with Crippen LogP contribution in [0.4, 0.5) is 0 Å². The largest absolute Gasteiger partial charge is 0.485 e. The number of nitrogens with zero attached hydrogens (tertiary/aromatic N) is 3. The van der Waals surface area contributed by atoms with E-state index in [1.807, 2.05) is 4.57 Å². The number of hydrogen-bond acceptors (Lipinski definition) is 4. The van der Waals surface area contributed by atoms with Gasteiger partial charge < -0.3 is 14.4 Å². The summed E-state index contributed by atoms with van der Waals surface area (Å²) in [5, 5.41) is 9.04. The number of pyridine rings is 1. The fourth-order valence-corrected chi connectivity index (χ4v) is 1.73. The molecule has 6 heteroatoms. The Morgan fingerprint density at radius 3 is 3.00 bits per heavy atom. The van der Waals surface area contributed by atoms with E-state index in [9.17, 15) is 4.79 Å². The van der Waals surface area contributed by atoms with Gasteiger partial charge in [-0.1, -0.05) is 6.92 Å². The Balaban J connectivity index is 2.10. The Morgan fingerprint density at radius 1 is 1.42 bits per heavy atom. The zero-order chi connectivity index (χ0) is 13.7. The number of hydrogen-bond donors (Lipinski definition) is 1. The minimum absolute atomic E-state index is 0.108. The lowest BCUT2D eigenvalue weighted by atomic mass is 10.2. The fraction of sp³-hybridized carbons (Fsp3) is 0.308. The molecule has 2 aromatic rings. The molecule has 1 N–H and O–H groups in total. The first-order chi connectivity index (χ1) is 9.22. The van der Waals surface area contributed by atoms with E-state index in [2.05, 4.69) is 16.9 Å². The maximum atomic E-state index is 11.0. The number of carbonyl (C=O) groups is 1. The Morgan fingerprint density at radius 2 is 2.26 bits per heavy atom. The molecule has 100 valence electrons. The van der Waals surface area contributed by atoms with Gasteiger partial charge in [-0.2, -0.15) is 0 Å². The maximum Gasteiger partial charge on any atom is 0.339 e. The highest BCUT2D eigenvalue weighted by Gasteiger charge is 2.11. The van der Waals surface area contributed by atoms with Crippen molar-refractivity contribution in [2.75, 3.05) is 0 Å². The van der Waals surface area contributed by atoms with Crippen molar-refractivity contribution in [1.29, 1.82) is 0 Å². The van der Waals surface area contributed by atoms with Crippen LogP contribution >= 0.6 is 0 Å². The zero-order valence-corrected chi connectivity index (χ0v) is 10.6.